The van der Waals surface area contributed by atoms with Crippen LogP contribution < -0.4 is 0 Å². The number of nitro groups is 1. The monoisotopic (exact) mass is 443 g/mol. The Morgan fingerprint density at radius 1 is 1.10 bits per heavy atom. The number of thiophene rings is 1. The molecule has 0 aliphatic carbocycles. The quantitative estimate of drug-likeness (QED) is 0.407. The summed E-state index contributed by atoms with van der Waals surface area (Å²) in [5.74, 6) is 0.931. The summed E-state index contributed by atoms with van der Waals surface area (Å²) in [5.41, 5.74) is 0.761. The van der Waals surface area contributed by atoms with Crippen molar-refractivity contribution in [3.05, 3.63) is 68.4 Å². The first kappa shape index (κ1) is 20.6. The van der Waals surface area contributed by atoms with Gasteiger partial charge in [0, 0.05) is 43.6 Å². The maximum absolute atomic E-state index is 12.9. The molecule has 0 N–H and O–H groups in total. The minimum Gasteiger partial charge on any atom is -0.339 e. The van der Waals surface area contributed by atoms with Gasteiger partial charge in [-0.05, 0) is 48.1 Å². The third-order valence-corrected chi connectivity index (χ3v) is 7.94. The average Bonchev–Trinajstić information content (AvgIpc) is 3.43. The van der Waals surface area contributed by atoms with Gasteiger partial charge < -0.3 is 9.80 Å². The molecule has 0 bridgehead atoms. The molecule has 2 fully saturated rings. The van der Waals surface area contributed by atoms with Gasteiger partial charge in [-0.25, -0.2) is 0 Å². The molecule has 2 aliphatic rings. The second kappa shape index (κ2) is 8.61. The minimum absolute atomic E-state index is 0.0236. The van der Waals surface area contributed by atoms with Crippen LogP contribution in [0, 0.1) is 10.1 Å². The number of hydrogen-bond acceptors (Lipinski definition) is 6. The maximum Gasteiger partial charge on any atom is 0.269 e. The maximum atomic E-state index is 12.9. The van der Waals surface area contributed by atoms with E-state index in [2.05, 4.69) is 0 Å². The van der Waals surface area contributed by atoms with Crippen molar-refractivity contribution in [2.24, 2.45) is 0 Å². The van der Waals surface area contributed by atoms with Gasteiger partial charge in [0.25, 0.3) is 11.6 Å². The Morgan fingerprint density at radius 3 is 2.47 bits per heavy atom. The summed E-state index contributed by atoms with van der Waals surface area (Å²) in [6, 6.07) is 9.85. The van der Waals surface area contributed by atoms with Gasteiger partial charge in [-0.2, -0.15) is 0 Å². The first-order valence-electron chi connectivity index (χ1n) is 9.69. The fraction of sp³-hybridized carbons (Fsp3) is 0.333. The van der Waals surface area contributed by atoms with Crippen molar-refractivity contribution in [3.63, 3.8) is 0 Å². The molecule has 30 heavy (non-hydrogen) atoms. The van der Waals surface area contributed by atoms with Gasteiger partial charge in [-0.15, -0.1) is 23.1 Å². The highest BCUT2D eigenvalue weighted by Crippen LogP contribution is 2.44. The lowest BCUT2D eigenvalue weighted by molar-refractivity contribution is -0.384. The van der Waals surface area contributed by atoms with Crippen LogP contribution in [0.4, 0.5) is 5.69 Å². The van der Waals surface area contributed by atoms with Crippen LogP contribution in [0.5, 0.6) is 0 Å². The summed E-state index contributed by atoms with van der Waals surface area (Å²) in [6.07, 6.45) is 4.70. The molecule has 4 rings (SSSR count). The van der Waals surface area contributed by atoms with Crippen LogP contribution in [0.1, 0.15) is 28.1 Å². The molecule has 7 nitrogen and oxygen atoms in total. The largest absolute Gasteiger partial charge is 0.339 e. The van der Waals surface area contributed by atoms with Crippen molar-refractivity contribution in [1.29, 1.82) is 0 Å². The number of carbonyl (C=O) groups is 2. The third-order valence-electron chi connectivity index (χ3n) is 5.53. The Morgan fingerprint density at radius 2 is 1.83 bits per heavy atom. The van der Waals surface area contributed by atoms with Crippen LogP contribution in [0.25, 0.3) is 6.08 Å². The summed E-state index contributed by atoms with van der Waals surface area (Å²) >= 11 is 3.29. The molecule has 0 saturated carbocycles. The molecule has 156 valence electrons. The second-order valence-electron chi connectivity index (χ2n) is 7.24. The predicted molar refractivity (Wildman–Crippen MR) is 118 cm³/mol. The van der Waals surface area contributed by atoms with Crippen molar-refractivity contribution in [3.8, 4) is 0 Å². The topological polar surface area (TPSA) is 83.8 Å². The number of amides is 2. The zero-order chi connectivity index (χ0) is 21.1. The number of nitro benzene ring substituents is 1. The molecule has 2 amide bonds. The number of piperidine rings is 1. The molecule has 2 aliphatic heterocycles. The molecular formula is C21H21N3O4S2. The van der Waals surface area contributed by atoms with E-state index < -0.39 is 4.92 Å². The Kier molecular flexibility index (Phi) is 5.92. The van der Waals surface area contributed by atoms with Gasteiger partial charge in [0.05, 0.1) is 14.7 Å². The minimum atomic E-state index is -0.449. The molecule has 2 saturated heterocycles. The number of non-ortho nitro benzene ring substituents is 1. The van der Waals surface area contributed by atoms with E-state index in [1.165, 1.54) is 29.5 Å². The first-order valence-corrected chi connectivity index (χ1v) is 11.6. The number of carbonyl (C=O) groups excluding carboxylic acids is 2. The zero-order valence-corrected chi connectivity index (χ0v) is 17.9. The number of thioether (sulfide) groups is 1. The lowest BCUT2D eigenvalue weighted by atomic mass is 10.0. The van der Waals surface area contributed by atoms with Gasteiger partial charge in [-0.3, -0.25) is 19.7 Å². The number of benzene rings is 1. The number of nitrogens with zero attached hydrogens (tertiary/aromatic N) is 3. The SMILES string of the molecule is O=C(C=Cc1ccc([N+](=O)[O-])cc1)N1CCC2(CC1)SCCN2C(=O)c1cccs1. The van der Waals surface area contributed by atoms with E-state index >= 15 is 0 Å². The van der Waals surface area contributed by atoms with E-state index in [-0.39, 0.29) is 22.4 Å². The summed E-state index contributed by atoms with van der Waals surface area (Å²) in [7, 11) is 0. The van der Waals surface area contributed by atoms with E-state index in [9.17, 15) is 19.7 Å². The summed E-state index contributed by atoms with van der Waals surface area (Å²) in [5, 5.41) is 12.6. The Balaban J connectivity index is 1.37. The van der Waals surface area contributed by atoms with Gasteiger partial charge in [0.2, 0.25) is 5.91 Å². The lowest BCUT2D eigenvalue weighted by Crippen LogP contribution is -2.53. The third kappa shape index (κ3) is 4.13. The molecule has 0 radical (unpaired) electrons. The number of hydrogen-bond donors (Lipinski definition) is 0. The predicted octanol–water partition coefficient (Wildman–Crippen LogP) is 3.88. The first-order chi connectivity index (χ1) is 14.5. The number of likely N-dealkylation sites (tertiary alicyclic amines) is 1. The molecule has 3 heterocycles. The van der Waals surface area contributed by atoms with Crippen molar-refractivity contribution in [1.82, 2.24) is 9.80 Å². The second-order valence-corrected chi connectivity index (χ2v) is 9.64. The normalized spacial score (nSPS) is 18.3. The van der Waals surface area contributed by atoms with Crippen LogP contribution >= 0.6 is 23.1 Å². The fourth-order valence-corrected chi connectivity index (χ4v) is 6.03. The van der Waals surface area contributed by atoms with Crippen molar-refractivity contribution >= 4 is 46.7 Å². The molecule has 0 unspecified atom stereocenters. The summed E-state index contributed by atoms with van der Waals surface area (Å²) < 4.78 is 0. The van der Waals surface area contributed by atoms with Crippen molar-refractivity contribution in [2.45, 2.75) is 17.7 Å². The van der Waals surface area contributed by atoms with E-state index in [1.807, 2.05) is 34.2 Å². The summed E-state index contributed by atoms with van der Waals surface area (Å²) in [4.78, 5) is 40.1. The number of rotatable bonds is 4. The van der Waals surface area contributed by atoms with Gasteiger partial charge in [-0.1, -0.05) is 6.07 Å². The van der Waals surface area contributed by atoms with E-state index in [0.29, 0.717) is 13.1 Å². The van der Waals surface area contributed by atoms with Crippen molar-refractivity contribution < 1.29 is 14.5 Å². The van der Waals surface area contributed by atoms with E-state index in [4.69, 9.17) is 0 Å². The molecule has 1 spiro atoms. The highest BCUT2D eigenvalue weighted by atomic mass is 32.2. The van der Waals surface area contributed by atoms with Crippen LogP contribution in [0.2, 0.25) is 0 Å². The van der Waals surface area contributed by atoms with Crippen LogP contribution in [0.3, 0.4) is 0 Å². The van der Waals surface area contributed by atoms with Gasteiger partial charge in [0.1, 0.15) is 0 Å². The van der Waals surface area contributed by atoms with Gasteiger partial charge in [0.15, 0.2) is 0 Å². The van der Waals surface area contributed by atoms with Crippen LogP contribution in [-0.2, 0) is 4.79 Å². The van der Waals surface area contributed by atoms with E-state index in [1.54, 1.807) is 23.1 Å². The summed E-state index contributed by atoms with van der Waals surface area (Å²) in [6.45, 7) is 1.95. The smallest absolute Gasteiger partial charge is 0.269 e. The molecule has 2 aromatic rings. The van der Waals surface area contributed by atoms with Gasteiger partial charge >= 0.3 is 0 Å². The molecule has 1 aromatic carbocycles. The highest BCUT2D eigenvalue weighted by molar-refractivity contribution is 8.00. The van der Waals surface area contributed by atoms with Crippen molar-refractivity contribution in [2.75, 3.05) is 25.4 Å². The zero-order valence-electron chi connectivity index (χ0n) is 16.2. The fourth-order valence-electron chi connectivity index (χ4n) is 3.90. The molecule has 9 heteroatoms. The molecular weight excluding hydrogens is 422 g/mol. The molecule has 0 atom stereocenters. The van der Waals surface area contributed by atoms with E-state index in [0.717, 1.165) is 35.6 Å². The molecule has 1 aromatic heterocycles. The Labute approximate surface area is 182 Å². The highest BCUT2D eigenvalue weighted by Gasteiger charge is 2.47. The lowest BCUT2D eigenvalue weighted by Gasteiger charge is -2.43. The van der Waals surface area contributed by atoms with Crippen LogP contribution in [-0.4, -0.2) is 56.8 Å². The average molecular weight is 444 g/mol. The Hall–Kier alpha value is -2.65. The Bertz CT molecular complexity index is 965. The standard InChI is InChI=1S/C21H21N3O4S2/c25-19(8-5-16-3-6-17(7-4-16)24(27)28)22-11-9-21(10-12-22)23(13-15-30-21)20(26)18-2-1-14-29-18/h1-8,14H,9-13,15H2. The van der Waals surface area contributed by atoms with Crippen LogP contribution in [0.15, 0.2) is 47.9 Å².